The van der Waals surface area contributed by atoms with Crippen LogP contribution in [0.2, 0.25) is 0 Å². The molecule has 0 radical (unpaired) electrons. The van der Waals surface area contributed by atoms with E-state index >= 15 is 0 Å². The molecule has 3 nitrogen and oxygen atoms in total. The number of rotatable bonds is 4. The number of likely N-dealkylation sites (N-methyl/N-ethyl adjacent to an activating group) is 1. The van der Waals surface area contributed by atoms with Gasteiger partial charge in [0.2, 0.25) is 0 Å². The van der Waals surface area contributed by atoms with Crippen LogP contribution in [0.1, 0.15) is 32.1 Å². The average Bonchev–Trinajstić information content (AvgIpc) is 2.45. The van der Waals surface area contributed by atoms with Gasteiger partial charge in [0.15, 0.2) is 6.61 Å². The molecule has 0 N–H and O–H groups in total. The van der Waals surface area contributed by atoms with Gasteiger partial charge in [-0.25, -0.2) is 4.39 Å². The lowest BCUT2D eigenvalue weighted by Gasteiger charge is -2.31. The highest BCUT2D eigenvalue weighted by atomic mass is 19.1. The molecule has 0 spiro atoms. The highest BCUT2D eigenvalue weighted by Gasteiger charge is 2.22. The van der Waals surface area contributed by atoms with E-state index in [0.29, 0.717) is 11.8 Å². The number of nitrogens with zero attached hydrogens (tertiary/aromatic N) is 1. The van der Waals surface area contributed by atoms with Crippen molar-refractivity contribution in [1.29, 1.82) is 0 Å². The van der Waals surface area contributed by atoms with Gasteiger partial charge in [0.1, 0.15) is 11.6 Å². The van der Waals surface area contributed by atoms with E-state index in [9.17, 15) is 9.18 Å². The molecule has 1 aromatic rings. The third kappa shape index (κ3) is 3.94. The van der Waals surface area contributed by atoms with E-state index in [0.717, 1.165) is 12.8 Å². The van der Waals surface area contributed by atoms with Crippen molar-refractivity contribution in [3.63, 3.8) is 0 Å². The van der Waals surface area contributed by atoms with E-state index in [1.165, 1.54) is 31.4 Å². The smallest absolute Gasteiger partial charge is 0.260 e. The van der Waals surface area contributed by atoms with Gasteiger partial charge in [0.25, 0.3) is 5.91 Å². The summed E-state index contributed by atoms with van der Waals surface area (Å²) in [5, 5.41) is 0. The van der Waals surface area contributed by atoms with E-state index in [1.807, 2.05) is 7.05 Å². The predicted octanol–water partition coefficient (Wildman–Crippen LogP) is 3.00. The maximum absolute atomic E-state index is 13.0. The maximum Gasteiger partial charge on any atom is 0.260 e. The molecule has 1 aliphatic rings. The Bertz CT molecular complexity index is 430. The number of hydrogen-bond donors (Lipinski definition) is 0. The standard InChI is InChI=1S/C15H20FNO2/c1-17(13-7-3-2-4-8-13)15(18)11-19-14-9-5-6-12(16)10-14/h5-6,9-10,13H,2-4,7-8,11H2,1H3. The molecular weight excluding hydrogens is 245 g/mol. The predicted molar refractivity (Wildman–Crippen MR) is 71.5 cm³/mol. The van der Waals surface area contributed by atoms with Gasteiger partial charge in [-0.15, -0.1) is 0 Å². The average molecular weight is 265 g/mol. The van der Waals surface area contributed by atoms with Crippen molar-refractivity contribution in [1.82, 2.24) is 4.90 Å². The van der Waals surface area contributed by atoms with Crippen molar-refractivity contribution in [3.8, 4) is 5.75 Å². The molecule has 19 heavy (non-hydrogen) atoms. The molecule has 0 saturated heterocycles. The van der Waals surface area contributed by atoms with Gasteiger partial charge < -0.3 is 9.64 Å². The minimum Gasteiger partial charge on any atom is -0.484 e. The molecule has 0 heterocycles. The zero-order valence-electron chi connectivity index (χ0n) is 11.3. The Hall–Kier alpha value is -1.58. The maximum atomic E-state index is 13.0. The van der Waals surface area contributed by atoms with Crippen molar-refractivity contribution in [3.05, 3.63) is 30.1 Å². The minimum absolute atomic E-state index is 0.0313. The normalized spacial score (nSPS) is 16.1. The fourth-order valence-electron chi connectivity index (χ4n) is 2.48. The first-order valence-corrected chi connectivity index (χ1v) is 6.81. The van der Waals surface area contributed by atoms with E-state index in [2.05, 4.69) is 0 Å². The molecule has 1 amide bonds. The first kappa shape index (κ1) is 13.8. The molecule has 1 fully saturated rings. The summed E-state index contributed by atoms with van der Waals surface area (Å²) in [4.78, 5) is 13.8. The summed E-state index contributed by atoms with van der Waals surface area (Å²) in [6.45, 7) is -0.0313. The van der Waals surface area contributed by atoms with Crippen LogP contribution in [0.4, 0.5) is 4.39 Å². The Morgan fingerprint density at radius 3 is 2.79 bits per heavy atom. The Morgan fingerprint density at radius 2 is 2.11 bits per heavy atom. The number of hydrogen-bond acceptors (Lipinski definition) is 2. The van der Waals surface area contributed by atoms with Gasteiger partial charge in [-0.2, -0.15) is 0 Å². The van der Waals surface area contributed by atoms with Crippen LogP contribution in [0.25, 0.3) is 0 Å². The summed E-state index contributed by atoms with van der Waals surface area (Å²) in [6.07, 6.45) is 5.78. The molecule has 0 aromatic heterocycles. The van der Waals surface area contributed by atoms with Crippen LogP contribution in [0.15, 0.2) is 24.3 Å². The third-order valence-electron chi connectivity index (χ3n) is 3.67. The number of carbonyl (C=O) groups is 1. The molecule has 1 saturated carbocycles. The number of benzene rings is 1. The molecule has 1 aromatic carbocycles. The summed E-state index contributed by atoms with van der Waals surface area (Å²) in [5.41, 5.74) is 0. The van der Waals surface area contributed by atoms with Gasteiger partial charge in [-0.05, 0) is 25.0 Å². The summed E-state index contributed by atoms with van der Waals surface area (Å²) in [7, 11) is 1.83. The third-order valence-corrected chi connectivity index (χ3v) is 3.67. The number of halogens is 1. The van der Waals surface area contributed by atoms with Crippen LogP contribution in [0, 0.1) is 5.82 Å². The minimum atomic E-state index is -0.356. The van der Waals surface area contributed by atoms with Crippen molar-refractivity contribution >= 4 is 5.91 Å². The highest BCUT2D eigenvalue weighted by Crippen LogP contribution is 2.21. The fraction of sp³-hybridized carbons (Fsp3) is 0.533. The summed E-state index contributed by atoms with van der Waals surface area (Å²) in [6, 6.07) is 6.19. The Labute approximate surface area is 113 Å². The van der Waals surface area contributed by atoms with Gasteiger partial charge >= 0.3 is 0 Å². The van der Waals surface area contributed by atoms with E-state index in [1.54, 1.807) is 17.0 Å². The summed E-state index contributed by atoms with van der Waals surface area (Å²) in [5.74, 6) is -0.00728. The first-order valence-electron chi connectivity index (χ1n) is 6.81. The largest absolute Gasteiger partial charge is 0.484 e. The summed E-state index contributed by atoms with van der Waals surface area (Å²) >= 11 is 0. The molecule has 0 atom stereocenters. The monoisotopic (exact) mass is 265 g/mol. The number of ether oxygens (including phenoxy) is 1. The van der Waals surface area contributed by atoms with Crippen LogP contribution in [-0.4, -0.2) is 30.5 Å². The number of amides is 1. The van der Waals surface area contributed by atoms with Crippen LogP contribution >= 0.6 is 0 Å². The van der Waals surface area contributed by atoms with Crippen molar-refractivity contribution < 1.29 is 13.9 Å². The summed E-state index contributed by atoms with van der Waals surface area (Å²) < 4.78 is 18.3. The molecule has 1 aliphatic carbocycles. The second-order valence-electron chi connectivity index (χ2n) is 5.04. The number of carbonyl (C=O) groups excluding carboxylic acids is 1. The van der Waals surface area contributed by atoms with Gasteiger partial charge in [-0.3, -0.25) is 4.79 Å². The lowest BCUT2D eigenvalue weighted by atomic mass is 9.94. The van der Waals surface area contributed by atoms with Crippen LogP contribution in [0.3, 0.4) is 0 Å². The molecule has 0 aliphatic heterocycles. The molecule has 4 heteroatoms. The van der Waals surface area contributed by atoms with Gasteiger partial charge in [0.05, 0.1) is 0 Å². The molecular formula is C15H20FNO2. The fourth-order valence-corrected chi connectivity index (χ4v) is 2.48. The quantitative estimate of drug-likeness (QED) is 0.837. The van der Waals surface area contributed by atoms with Crippen LogP contribution in [0.5, 0.6) is 5.75 Å². The van der Waals surface area contributed by atoms with Gasteiger partial charge in [-0.1, -0.05) is 25.3 Å². The topological polar surface area (TPSA) is 29.5 Å². The van der Waals surface area contributed by atoms with Crippen molar-refractivity contribution in [2.24, 2.45) is 0 Å². The highest BCUT2D eigenvalue weighted by molar-refractivity contribution is 5.77. The molecule has 0 unspecified atom stereocenters. The lowest BCUT2D eigenvalue weighted by molar-refractivity contribution is -0.134. The van der Waals surface area contributed by atoms with Crippen molar-refractivity contribution in [2.75, 3.05) is 13.7 Å². The second-order valence-corrected chi connectivity index (χ2v) is 5.04. The van der Waals surface area contributed by atoms with E-state index < -0.39 is 0 Å². The van der Waals surface area contributed by atoms with Crippen molar-refractivity contribution in [2.45, 2.75) is 38.1 Å². The van der Waals surface area contributed by atoms with Crippen LogP contribution in [-0.2, 0) is 4.79 Å². The van der Waals surface area contributed by atoms with Gasteiger partial charge in [0, 0.05) is 19.2 Å². The first-order chi connectivity index (χ1) is 9.16. The SMILES string of the molecule is CN(C(=O)COc1cccc(F)c1)C1CCCCC1. The van der Waals surface area contributed by atoms with E-state index in [-0.39, 0.29) is 18.3 Å². The zero-order valence-corrected chi connectivity index (χ0v) is 11.3. The van der Waals surface area contributed by atoms with Crippen LogP contribution < -0.4 is 4.74 Å². The second kappa shape index (κ2) is 6.55. The Morgan fingerprint density at radius 1 is 1.37 bits per heavy atom. The molecule has 0 bridgehead atoms. The lowest BCUT2D eigenvalue weighted by Crippen LogP contribution is -2.40. The molecule has 104 valence electrons. The Balaban J connectivity index is 1.83. The zero-order chi connectivity index (χ0) is 13.7. The molecule has 2 rings (SSSR count). The Kier molecular flexibility index (Phi) is 4.77. The van der Waals surface area contributed by atoms with E-state index in [4.69, 9.17) is 4.74 Å².